The lowest BCUT2D eigenvalue weighted by Gasteiger charge is -2.39. The fourth-order valence-corrected chi connectivity index (χ4v) is 6.71. The fraction of sp³-hybridized carbons (Fsp3) is 0.343. The van der Waals surface area contributed by atoms with Gasteiger partial charge in [-0.25, -0.2) is 14.5 Å². The number of hydrogen-bond donors (Lipinski definition) is 2. The predicted octanol–water partition coefficient (Wildman–Crippen LogP) is 5.18. The van der Waals surface area contributed by atoms with E-state index in [9.17, 15) is 9.90 Å². The Balaban J connectivity index is 0.973. The predicted molar refractivity (Wildman–Crippen MR) is 184 cm³/mol. The summed E-state index contributed by atoms with van der Waals surface area (Å²) in [6.07, 6.45) is 6.46. The highest BCUT2D eigenvalue weighted by Crippen LogP contribution is 2.36. The number of fused-ring (bicyclic) bond motifs is 1. The van der Waals surface area contributed by atoms with Crippen LogP contribution in [0.4, 0.5) is 23.1 Å². The first-order chi connectivity index (χ1) is 22.7. The molecular weight excluding hydrogens is 614 g/mol. The van der Waals surface area contributed by atoms with Crippen LogP contribution in [-0.2, 0) is 12.0 Å². The topological polar surface area (TPSA) is 115 Å². The van der Waals surface area contributed by atoms with Crippen molar-refractivity contribution in [3.05, 3.63) is 101 Å². The van der Waals surface area contributed by atoms with Gasteiger partial charge in [-0.2, -0.15) is 4.98 Å². The SMILES string of the molecule is CN(C)c1cc(CC2CCN(C(=O)c3ccc(Nc4nc5c(N6CCC(O)(c7ccc(Cl)cc7)CC6)cccn5n4)cc3)C2)ncn1. The molecule has 47 heavy (non-hydrogen) atoms. The van der Waals surface area contributed by atoms with Gasteiger partial charge >= 0.3 is 0 Å². The average Bonchev–Trinajstić information content (AvgIpc) is 3.72. The van der Waals surface area contributed by atoms with Gasteiger partial charge in [0.25, 0.3) is 5.91 Å². The molecule has 242 valence electrons. The van der Waals surface area contributed by atoms with Gasteiger partial charge in [-0.15, -0.1) is 5.10 Å². The Morgan fingerprint density at radius 1 is 1.04 bits per heavy atom. The molecule has 2 N–H and O–H groups in total. The molecule has 2 saturated heterocycles. The molecule has 11 nitrogen and oxygen atoms in total. The Morgan fingerprint density at radius 2 is 1.81 bits per heavy atom. The summed E-state index contributed by atoms with van der Waals surface area (Å²) in [6.45, 7) is 2.81. The molecule has 0 radical (unpaired) electrons. The van der Waals surface area contributed by atoms with Crippen molar-refractivity contribution in [2.75, 3.05) is 55.4 Å². The summed E-state index contributed by atoms with van der Waals surface area (Å²) >= 11 is 6.06. The molecule has 1 unspecified atom stereocenters. The van der Waals surface area contributed by atoms with E-state index in [1.165, 1.54) is 0 Å². The molecule has 0 aliphatic carbocycles. The van der Waals surface area contributed by atoms with Gasteiger partial charge in [0.2, 0.25) is 5.95 Å². The molecule has 2 aliphatic rings. The van der Waals surface area contributed by atoms with Crippen molar-refractivity contribution in [3.63, 3.8) is 0 Å². The smallest absolute Gasteiger partial charge is 0.253 e. The number of rotatable bonds is 8. The minimum absolute atomic E-state index is 0.0377. The van der Waals surface area contributed by atoms with E-state index in [2.05, 4.69) is 25.3 Å². The van der Waals surface area contributed by atoms with Gasteiger partial charge in [0, 0.05) is 74.5 Å². The van der Waals surface area contributed by atoms with Crippen molar-refractivity contribution in [3.8, 4) is 0 Å². The molecule has 12 heteroatoms. The summed E-state index contributed by atoms with van der Waals surface area (Å²) in [4.78, 5) is 33.0. The Morgan fingerprint density at radius 3 is 2.55 bits per heavy atom. The third-order valence-electron chi connectivity index (χ3n) is 9.28. The fourth-order valence-electron chi connectivity index (χ4n) is 6.59. The molecular formula is C35H38ClN9O2. The molecule has 0 spiro atoms. The zero-order chi connectivity index (χ0) is 32.5. The van der Waals surface area contributed by atoms with E-state index >= 15 is 0 Å². The van der Waals surface area contributed by atoms with E-state index in [0.717, 1.165) is 53.5 Å². The number of pyridine rings is 1. The quantitative estimate of drug-likeness (QED) is 0.234. The zero-order valence-electron chi connectivity index (χ0n) is 26.6. The van der Waals surface area contributed by atoms with E-state index in [-0.39, 0.29) is 5.91 Å². The van der Waals surface area contributed by atoms with Crippen molar-refractivity contribution in [2.45, 2.75) is 31.3 Å². The van der Waals surface area contributed by atoms with Crippen molar-refractivity contribution in [1.82, 2.24) is 29.5 Å². The van der Waals surface area contributed by atoms with Gasteiger partial charge in [-0.3, -0.25) is 4.79 Å². The normalized spacial score (nSPS) is 17.7. The number of halogens is 1. The monoisotopic (exact) mass is 651 g/mol. The summed E-state index contributed by atoms with van der Waals surface area (Å²) in [5, 5.41) is 19.9. The number of aliphatic hydroxyl groups is 1. The van der Waals surface area contributed by atoms with E-state index in [0.29, 0.717) is 54.9 Å². The van der Waals surface area contributed by atoms with Crippen LogP contribution in [-0.4, -0.2) is 80.8 Å². The molecule has 1 amide bonds. The third-order valence-corrected chi connectivity index (χ3v) is 9.53. The lowest BCUT2D eigenvalue weighted by molar-refractivity contribution is 0.0118. The number of benzene rings is 2. The van der Waals surface area contributed by atoms with Gasteiger partial charge in [0.05, 0.1) is 11.3 Å². The number of anilines is 4. The van der Waals surface area contributed by atoms with Crippen LogP contribution < -0.4 is 15.1 Å². The molecule has 5 aromatic rings. The summed E-state index contributed by atoms with van der Waals surface area (Å²) in [6, 6.07) is 21.0. The van der Waals surface area contributed by atoms with Crippen LogP contribution in [0.1, 0.15) is 40.9 Å². The molecule has 2 aliphatic heterocycles. The highest BCUT2D eigenvalue weighted by molar-refractivity contribution is 6.30. The lowest BCUT2D eigenvalue weighted by atomic mass is 9.84. The van der Waals surface area contributed by atoms with Crippen LogP contribution in [0.5, 0.6) is 0 Å². The molecule has 5 heterocycles. The molecule has 0 bridgehead atoms. The van der Waals surface area contributed by atoms with E-state index in [4.69, 9.17) is 16.6 Å². The van der Waals surface area contributed by atoms with Gasteiger partial charge in [-0.1, -0.05) is 23.7 Å². The van der Waals surface area contributed by atoms with Crippen LogP contribution >= 0.6 is 11.6 Å². The molecule has 2 fully saturated rings. The van der Waals surface area contributed by atoms with Crippen LogP contribution in [0, 0.1) is 5.92 Å². The lowest BCUT2D eigenvalue weighted by Crippen LogP contribution is -2.42. The number of carbonyl (C=O) groups excluding carboxylic acids is 1. The molecule has 3 aromatic heterocycles. The number of hydrogen-bond acceptors (Lipinski definition) is 9. The van der Waals surface area contributed by atoms with Crippen molar-refractivity contribution in [1.29, 1.82) is 0 Å². The van der Waals surface area contributed by atoms with Crippen molar-refractivity contribution >= 4 is 46.3 Å². The minimum atomic E-state index is -0.884. The first kappa shape index (κ1) is 30.9. The number of piperidine rings is 1. The van der Waals surface area contributed by atoms with Crippen molar-refractivity contribution in [2.24, 2.45) is 5.92 Å². The highest BCUT2D eigenvalue weighted by Gasteiger charge is 2.35. The largest absolute Gasteiger partial charge is 0.385 e. The van der Waals surface area contributed by atoms with E-state index < -0.39 is 5.60 Å². The van der Waals surface area contributed by atoms with Gasteiger partial charge < -0.3 is 25.1 Å². The van der Waals surface area contributed by atoms with E-state index in [1.807, 2.05) is 96.8 Å². The molecule has 0 saturated carbocycles. The minimum Gasteiger partial charge on any atom is -0.385 e. The summed E-state index contributed by atoms with van der Waals surface area (Å²) in [5.41, 5.74) is 4.17. The maximum absolute atomic E-state index is 13.3. The number of nitrogens with one attached hydrogen (secondary N) is 1. The Bertz CT molecular complexity index is 1870. The molecule has 7 rings (SSSR count). The second-order valence-corrected chi connectivity index (χ2v) is 13.1. The van der Waals surface area contributed by atoms with Gasteiger partial charge in [-0.05, 0) is 85.7 Å². The second kappa shape index (κ2) is 12.8. The Hall–Kier alpha value is -4.74. The zero-order valence-corrected chi connectivity index (χ0v) is 27.3. The first-order valence-electron chi connectivity index (χ1n) is 16.0. The average molecular weight is 652 g/mol. The third kappa shape index (κ3) is 6.59. The second-order valence-electron chi connectivity index (χ2n) is 12.7. The Kier molecular flexibility index (Phi) is 8.42. The van der Waals surface area contributed by atoms with Crippen LogP contribution in [0.2, 0.25) is 5.02 Å². The summed E-state index contributed by atoms with van der Waals surface area (Å²) < 4.78 is 1.77. The van der Waals surface area contributed by atoms with Gasteiger partial charge in [0.1, 0.15) is 12.1 Å². The first-order valence-corrected chi connectivity index (χ1v) is 16.4. The van der Waals surface area contributed by atoms with Crippen molar-refractivity contribution < 1.29 is 9.90 Å². The molecule has 1 atom stereocenters. The Labute approximate surface area is 278 Å². The standard InChI is InChI=1S/C35H38ClN9O2/c1-42(2)31-21-29(37-23-38-31)20-24-13-17-44(22-24)33(46)25-5-11-28(12-6-25)39-34-40-32-30(4-3-16-45(32)41-34)43-18-14-35(47,15-19-43)26-7-9-27(36)10-8-26/h3-12,16,21,23-24,47H,13-15,17-20,22H2,1-2H3,(H,39,41). The summed E-state index contributed by atoms with van der Waals surface area (Å²) in [5.74, 6) is 1.77. The van der Waals surface area contributed by atoms with Crippen LogP contribution in [0.25, 0.3) is 5.65 Å². The molecule has 2 aromatic carbocycles. The number of nitrogens with zero attached hydrogens (tertiary/aromatic N) is 8. The number of aromatic nitrogens is 5. The van der Waals surface area contributed by atoms with Crippen LogP contribution in [0.15, 0.2) is 79.3 Å². The highest BCUT2D eigenvalue weighted by atomic mass is 35.5. The van der Waals surface area contributed by atoms with E-state index in [1.54, 1.807) is 10.8 Å². The number of amides is 1. The maximum Gasteiger partial charge on any atom is 0.253 e. The maximum atomic E-state index is 13.3. The number of carbonyl (C=O) groups is 1. The van der Waals surface area contributed by atoms with Gasteiger partial charge in [0.15, 0.2) is 5.65 Å². The number of likely N-dealkylation sites (tertiary alicyclic amines) is 1. The van der Waals surface area contributed by atoms with Crippen LogP contribution in [0.3, 0.4) is 0 Å². The summed E-state index contributed by atoms with van der Waals surface area (Å²) in [7, 11) is 3.93.